The zero-order valence-corrected chi connectivity index (χ0v) is 19.8. The summed E-state index contributed by atoms with van der Waals surface area (Å²) in [5.74, 6) is 0.866. The van der Waals surface area contributed by atoms with Crippen LogP contribution in [0.1, 0.15) is 44.6 Å². The molecule has 6 nitrogen and oxygen atoms in total. The van der Waals surface area contributed by atoms with Gasteiger partial charge in [0.1, 0.15) is 5.15 Å². The van der Waals surface area contributed by atoms with Crippen molar-refractivity contribution >= 4 is 41.5 Å². The fourth-order valence-corrected chi connectivity index (χ4v) is 4.22. The first-order chi connectivity index (χ1) is 13.2. The Morgan fingerprint density at radius 2 is 1.96 bits per heavy atom. The van der Waals surface area contributed by atoms with E-state index in [1.165, 1.54) is 32.1 Å². The van der Waals surface area contributed by atoms with E-state index in [0.29, 0.717) is 11.7 Å². The highest BCUT2D eigenvalue weighted by molar-refractivity contribution is 14.0. The average Bonchev–Trinajstić information content (AvgIpc) is 2.72. The van der Waals surface area contributed by atoms with Gasteiger partial charge in [-0.15, -0.1) is 24.0 Å². The number of ether oxygens (including phenoxy) is 1. The first kappa shape index (κ1) is 23.6. The van der Waals surface area contributed by atoms with Gasteiger partial charge in [0.25, 0.3) is 0 Å². The molecule has 1 aromatic rings. The van der Waals surface area contributed by atoms with Crippen LogP contribution < -0.4 is 10.6 Å². The van der Waals surface area contributed by atoms with E-state index in [0.717, 1.165) is 50.9 Å². The maximum Gasteiger partial charge on any atom is 0.191 e. The van der Waals surface area contributed by atoms with Gasteiger partial charge >= 0.3 is 0 Å². The van der Waals surface area contributed by atoms with Crippen LogP contribution in [0.15, 0.2) is 23.3 Å². The molecule has 0 atom stereocenters. The van der Waals surface area contributed by atoms with Gasteiger partial charge in [-0.25, -0.2) is 9.98 Å². The molecule has 0 aromatic carbocycles. The molecule has 2 heterocycles. The van der Waals surface area contributed by atoms with Gasteiger partial charge in [0.15, 0.2) is 5.96 Å². The molecule has 158 valence electrons. The van der Waals surface area contributed by atoms with Crippen molar-refractivity contribution in [3.05, 3.63) is 29.0 Å². The van der Waals surface area contributed by atoms with E-state index < -0.39 is 0 Å². The van der Waals surface area contributed by atoms with Crippen molar-refractivity contribution < 1.29 is 4.74 Å². The normalized spacial score (nSPS) is 20.3. The number of rotatable bonds is 6. The van der Waals surface area contributed by atoms with Crippen LogP contribution in [0.5, 0.6) is 0 Å². The Kier molecular flexibility index (Phi) is 10.3. The van der Waals surface area contributed by atoms with E-state index in [9.17, 15) is 0 Å². The molecule has 2 aliphatic rings. The summed E-state index contributed by atoms with van der Waals surface area (Å²) in [4.78, 5) is 11.5. The Morgan fingerprint density at radius 1 is 1.21 bits per heavy atom. The molecule has 28 heavy (non-hydrogen) atoms. The van der Waals surface area contributed by atoms with Crippen LogP contribution in [0.2, 0.25) is 5.15 Å². The molecule has 3 rings (SSSR count). The molecule has 0 bridgehead atoms. The summed E-state index contributed by atoms with van der Waals surface area (Å²) in [5, 5.41) is 7.50. The Morgan fingerprint density at radius 3 is 2.61 bits per heavy atom. The summed E-state index contributed by atoms with van der Waals surface area (Å²) < 4.78 is 5.58. The molecule has 1 aliphatic heterocycles. The van der Waals surface area contributed by atoms with E-state index in [2.05, 4.69) is 27.4 Å². The highest BCUT2D eigenvalue weighted by Gasteiger charge is 2.38. The fourth-order valence-electron chi connectivity index (χ4n) is 4.11. The molecule has 8 heteroatoms. The van der Waals surface area contributed by atoms with Gasteiger partial charge in [-0.3, -0.25) is 4.90 Å². The lowest BCUT2D eigenvalue weighted by Crippen LogP contribution is -2.60. The monoisotopic (exact) mass is 521 g/mol. The highest BCUT2D eigenvalue weighted by atomic mass is 127. The number of nitrogens with zero attached hydrogens (tertiary/aromatic N) is 3. The van der Waals surface area contributed by atoms with Crippen molar-refractivity contribution in [2.75, 3.05) is 39.4 Å². The van der Waals surface area contributed by atoms with Crippen LogP contribution in [0.3, 0.4) is 0 Å². The SMILES string of the molecule is CCNC(=NCc1ccc(Cl)nc1)NCC1(N2CCOCC2)CCCCC1.I. The van der Waals surface area contributed by atoms with E-state index in [1.54, 1.807) is 6.20 Å². The molecule has 0 radical (unpaired) electrons. The summed E-state index contributed by atoms with van der Waals surface area (Å²) in [6, 6.07) is 3.78. The van der Waals surface area contributed by atoms with Gasteiger partial charge in [0.2, 0.25) is 0 Å². The quantitative estimate of drug-likeness (QED) is 0.260. The second kappa shape index (κ2) is 12.1. The average molecular weight is 522 g/mol. The standard InChI is InChI=1S/C20H32ClN5O.HI/c1-2-22-19(24-15-17-6-7-18(21)23-14-17)25-16-20(8-4-3-5-9-20)26-10-12-27-13-11-26;/h6-7,14H,2-5,8-13,15-16H2,1H3,(H2,22,24,25);1H. The Balaban J connectivity index is 0.00000280. The molecule has 0 unspecified atom stereocenters. The van der Waals surface area contributed by atoms with Crippen LogP contribution in [-0.4, -0.2) is 60.8 Å². The number of hydrogen-bond acceptors (Lipinski definition) is 4. The van der Waals surface area contributed by atoms with Gasteiger partial charge in [-0.1, -0.05) is 36.9 Å². The molecule has 2 N–H and O–H groups in total. The molecular weight excluding hydrogens is 489 g/mol. The zero-order chi connectivity index (χ0) is 19.0. The van der Waals surface area contributed by atoms with Gasteiger partial charge in [0, 0.05) is 37.9 Å². The Labute approximate surface area is 190 Å². The van der Waals surface area contributed by atoms with Crippen molar-refractivity contribution in [2.24, 2.45) is 4.99 Å². The molecule has 0 spiro atoms. The zero-order valence-electron chi connectivity index (χ0n) is 16.8. The summed E-state index contributed by atoms with van der Waals surface area (Å²) in [6.45, 7) is 8.22. The second-order valence-corrected chi connectivity index (χ2v) is 7.81. The smallest absolute Gasteiger partial charge is 0.191 e. The number of halogens is 2. The lowest BCUT2D eigenvalue weighted by Gasteiger charge is -2.48. The lowest BCUT2D eigenvalue weighted by atomic mass is 9.80. The number of aromatic nitrogens is 1. The van der Waals surface area contributed by atoms with E-state index in [1.807, 2.05) is 12.1 Å². The van der Waals surface area contributed by atoms with E-state index in [-0.39, 0.29) is 29.5 Å². The minimum Gasteiger partial charge on any atom is -0.379 e. The third-order valence-corrected chi connectivity index (χ3v) is 5.83. The summed E-state index contributed by atoms with van der Waals surface area (Å²) in [5.41, 5.74) is 1.28. The summed E-state index contributed by atoms with van der Waals surface area (Å²) in [6.07, 6.45) is 8.25. The molecule has 1 aliphatic carbocycles. The predicted molar refractivity (Wildman–Crippen MR) is 126 cm³/mol. The molecular formula is C20H33ClIN5O. The van der Waals surface area contributed by atoms with E-state index in [4.69, 9.17) is 21.3 Å². The topological polar surface area (TPSA) is 61.8 Å². The molecule has 1 saturated heterocycles. The van der Waals surface area contributed by atoms with E-state index >= 15 is 0 Å². The number of guanidine groups is 1. The third kappa shape index (κ3) is 6.71. The Bertz CT molecular complexity index is 601. The highest BCUT2D eigenvalue weighted by Crippen LogP contribution is 2.33. The predicted octanol–water partition coefficient (Wildman–Crippen LogP) is 3.44. The largest absolute Gasteiger partial charge is 0.379 e. The molecule has 1 aromatic heterocycles. The van der Waals surface area contributed by atoms with Crippen molar-refractivity contribution in [1.29, 1.82) is 0 Å². The van der Waals surface area contributed by atoms with Gasteiger partial charge in [-0.05, 0) is 31.4 Å². The molecule has 1 saturated carbocycles. The van der Waals surface area contributed by atoms with Crippen LogP contribution in [0.25, 0.3) is 0 Å². The number of nitrogens with one attached hydrogen (secondary N) is 2. The van der Waals surface area contributed by atoms with Gasteiger partial charge in [-0.2, -0.15) is 0 Å². The van der Waals surface area contributed by atoms with Crippen LogP contribution >= 0.6 is 35.6 Å². The summed E-state index contributed by atoms with van der Waals surface area (Å²) >= 11 is 5.86. The maximum absolute atomic E-state index is 5.86. The number of hydrogen-bond donors (Lipinski definition) is 2. The maximum atomic E-state index is 5.86. The van der Waals surface area contributed by atoms with Gasteiger partial charge < -0.3 is 15.4 Å². The first-order valence-electron chi connectivity index (χ1n) is 10.2. The van der Waals surface area contributed by atoms with Crippen LogP contribution in [0, 0.1) is 0 Å². The van der Waals surface area contributed by atoms with Crippen molar-refractivity contribution in [1.82, 2.24) is 20.5 Å². The first-order valence-corrected chi connectivity index (χ1v) is 10.5. The number of aliphatic imine (C=N–C) groups is 1. The van der Waals surface area contributed by atoms with Crippen LogP contribution in [-0.2, 0) is 11.3 Å². The molecule has 2 fully saturated rings. The third-order valence-electron chi connectivity index (χ3n) is 5.60. The Hall–Kier alpha value is -0.640. The fraction of sp³-hybridized carbons (Fsp3) is 0.700. The minimum absolute atomic E-state index is 0. The number of pyridine rings is 1. The minimum atomic E-state index is 0. The lowest BCUT2D eigenvalue weighted by molar-refractivity contribution is -0.0352. The molecule has 0 amide bonds. The number of morpholine rings is 1. The van der Waals surface area contributed by atoms with Crippen LogP contribution in [0.4, 0.5) is 0 Å². The van der Waals surface area contributed by atoms with Crippen molar-refractivity contribution in [3.8, 4) is 0 Å². The second-order valence-electron chi connectivity index (χ2n) is 7.42. The van der Waals surface area contributed by atoms with Crippen molar-refractivity contribution in [3.63, 3.8) is 0 Å². The van der Waals surface area contributed by atoms with Gasteiger partial charge in [0.05, 0.1) is 19.8 Å². The summed E-state index contributed by atoms with van der Waals surface area (Å²) in [7, 11) is 0. The van der Waals surface area contributed by atoms with Crippen molar-refractivity contribution in [2.45, 2.75) is 51.1 Å².